The predicted octanol–water partition coefficient (Wildman–Crippen LogP) is 3.80. The van der Waals surface area contributed by atoms with Crippen molar-refractivity contribution >= 4 is 43.5 Å². The summed E-state index contributed by atoms with van der Waals surface area (Å²) in [6, 6.07) is 6.01. The molecule has 0 saturated heterocycles. The predicted molar refractivity (Wildman–Crippen MR) is 79.2 cm³/mol. The SMILES string of the molecule is CNc1snc(C)c1-c1nc2ccc(Br)cc2[nH]1. The largest absolute Gasteiger partial charge is 0.378 e. The number of halogens is 1. The average Bonchev–Trinajstić information content (AvgIpc) is 2.91. The average molecular weight is 323 g/mol. The maximum atomic E-state index is 4.62. The number of hydrogen-bond donors (Lipinski definition) is 2. The summed E-state index contributed by atoms with van der Waals surface area (Å²) in [5, 5.41) is 4.19. The van der Waals surface area contributed by atoms with Crippen LogP contribution in [0, 0.1) is 6.92 Å². The fourth-order valence-corrected chi connectivity index (χ4v) is 3.03. The zero-order valence-corrected chi connectivity index (χ0v) is 12.3. The Morgan fingerprint density at radius 2 is 2.22 bits per heavy atom. The van der Waals surface area contributed by atoms with Crippen molar-refractivity contribution in [3.05, 3.63) is 28.4 Å². The molecule has 3 aromatic rings. The first-order valence-corrected chi connectivity index (χ1v) is 7.05. The van der Waals surface area contributed by atoms with E-state index in [0.29, 0.717) is 0 Å². The highest BCUT2D eigenvalue weighted by molar-refractivity contribution is 9.10. The molecule has 2 aromatic heterocycles. The van der Waals surface area contributed by atoms with Gasteiger partial charge in [0.1, 0.15) is 10.8 Å². The van der Waals surface area contributed by atoms with E-state index in [0.717, 1.165) is 37.6 Å². The van der Waals surface area contributed by atoms with Crippen molar-refractivity contribution in [2.45, 2.75) is 6.92 Å². The van der Waals surface area contributed by atoms with Gasteiger partial charge in [0.15, 0.2) is 0 Å². The Balaban J connectivity index is 2.22. The van der Waals surface area contributed by atoms with Gasteiger partial charge in [0.2, 0.25) is 0 Å². The van der Waals surface area contributed by atoms with Gasteiger partial charge in [0, 0.05) is 11.5 Å². The van der Waals surface area contributed by atoms with E-state index in [-0.39, 0.29) is 0 Å². The third kappa shape index (κ3) is 1.81. The van der Waals surface area contributed by atoms with Crippen LogP contribution in [-0.4, -0.2) is 21.4 Å². The summed E-state index contributed by atoms with van der Waals surface area (Å²) in [5.41, 5.74) is 4.02. The van der Waals surface area contributed by atoms with Crippen molar-refractivity contribution in [1.29, 1.82) is 0 Å². The number of nitrogens with zero attached hydrogens (tertiary/aromatic N) is 2. The summed E-state index contributed by atoms with van der Waals surface area (Å²) in [4.78, 5) is 7.96. The lowest BCUT2D eigenvalue weighted by molar-refractivity contribution is 1.28. The first-order valence-electron chi connectivity index (χ1n) is 5.48. The van der Waals surface area contributed by atoms with Gasteiger partial charge in [-0.15, -0.1) is 0 Å². The number of aryl methyl sites for hydroxylation is 1. The minimum Gasteiger partial charge on any atom is -0.378 e. The fraction of sp³-hybridized carbons (Fsp3) is 0.167. The van der Waals surface area contributed by atoms with Gasteiger partial charge in [-0.1, -0.05) is 15.9 Å². The van der Waals surface area contributed by atoms with Crippen molar-refractivity contribution in [1.82, 2.24) is 14.3 Å². The van der Waals surface area contributed by atoms with Gasteiger partial charge in [-0.05, 0) is 36.7 Å². The number of rotatable bonds is 2. The van der Waals surface area contributed by atoms with Crippen LogP contribution in [0.1, 0.15) is 5.69 Å². The van der Waals surface area contributed by atoms with E-state index in [1.165, 1.54) is 11.5 Å². The molecule has 0 bridgehead atoms. The molecule has 18 heavy (non-hydrogen) atoms. The van der Waals surface area contributed by atoms with Crippen LogP contribution < -0.4 is 5.32 Å². The number of imidazole rings is 1. The number of hydrogen-bond acceptors (Lipinski definition) is 4. The molecule has 2 N–H and O–H groups in total. The van der Waals surface area contributed by atoms with Crippen molar-refractivity contribution in [3.8, 4) is 11.4 Å². The van der Waals surface area contributed by atoms with Gasteiger partial charge in [0.05, 0.1) is 22.3 Å². The molecule has 0 aliphatic carbocycles. The summed E-state index contributed by atoms with van der Waals surface area (Å²) in [7, 11) is 1.90. The molecule has 92 valence electrons. The molecule has 0 aliphatic rings. The van der Waals surface area contributed by atoms with E-state index in [9.17, 15) is 0 Å². The van der Waals surface area contributed by atoms with E-state index in [4.69, 9.17) is 0 Å². The smallest absolute Gasteiger partial charge is 0.143 e. The molecule has 0 saturated carbocycles. The Labute approximate surface area is 117 Å². The highest BCUT2D eigenvalue weighted by Gasteiger charge is 2.15. The highest BCUT2D eigenvalue weighted by atomic mass is 79.9. The van der Waals surface area contributed by atoms with Crippen LogP contribution >= 0.6 is 27.5 Å². The lowest BCUT2D eigenvalue weighted by Gasteiger charge is -1.98. The molecular formula is C12H11BrN4S. The third-order valence-corrected chi connectivity index (χ3v) is 4.22. The van der Waals surface area contributed by atoms with E-state index >= 15 is 0 Å². The number of anilines is 1. The van der Waals surface area contributed by atoms with Crippen LogP contribution in [-0.2, 0) is 0 Å². The topological polar surface area (TPSA) is 53.6 Å². The van der Waals surface area contributed by atoms with Gasteiger partial charge in [-0.2, -0.15) is 4.37 Å². The number of H-pyrrole nitrogens is 1. The molecule has 1 aromatic carbocycles. The molecule has 0 amide bonds. The number of aromatic nitrogens is 3. The van der Waals surface area contributed by atoms with E-state index in [1.807, 2.05) is 32.2 Å². The second-order valence-electron chi connectivity index (χ2n) is 3.97. The quantitative estimate of drug-likeness (QED) is 0.754. The normalized spacial score (nSPS) is 11.1. The van der Waals surface area contributed by atoms with Crippen LogP contribution in [0.15, 0.2) is 22.7 Å². The summed E-state index contributed by atoms with van der Waals surface area (Å²) < 4.78 is 5.40. The molecule has 0 unspecified atom stereocenters. The Hall–Kier alpha value is -1.40. The molecule has 3 rings (SSSR count). The molecule has 6 heteroatoms. The Kier molecular flexibility index (Phi) is 2.83. The van der Waals surface area contributed by atoms with Crippen LogP contribution in [0.2, 0.25) is 0 Å². The molecular weight excluding hydrogens is 312 g/mol. The maximum Gasteiger partial charge on any atom is 0.143 e. The van der Waals surface area contributed by atoms with Crippen molar-refractivity contribution in [2.24, 2.45) is 0 Å². The molecule has 0 fully saturated rings. The number of aromatic amines is 1. The zero-order chi connectivity index (χ0) is 12.7. The summed E-state index contributed by atoms with van der Waals surface area (Å²) in [6.45, 7) is 2.00. The summed E-state index contributed by atoms with van der Waals surface area (Å²) in [5.74, 6) is 0.860. The second-order valence-corrected chi connectivity index (χ2v) is 5.66. The van der Waals surface area contributed by atoms with Crippen LogP contribution in [0.4, 0.5) is 5.00 Å². The lowest BCUT2D eigenvalue weighted by Crippen LogP contribution is -1.89. The Morgan fingerprint density at radius 3 is 3.00 bits per heavy atom. The highest BCUT2D eigenvalue weighted by Crippen LogP contribution is 2.33. The van der Waals surface area contributed by atoms with Crippen LogP contribution in [0.5, 0.6) is 0 Å². The van der Waals surface area contributed by atoms with E-state index in [1.54, 1.807) is 0 Å². The third-order valence-electron chi connectivity index (χ3n) is 2.77. The molecule has 0 aliphatic heterocycles. The van der Waals surface area contributed by atoms with E-state index < -0.39 is 0 Å². The maximum absolute atomic E-state index is 4.62. The van der Waals surface area contributed by atoms with E-state index in [2.05, 4.69) is 35.6 Å². The first-order chi connectivity index (χ1) is 8.69. The second kappa shape index (κ2) is 4.37. The van der Waals surface area contributed by atoms with Gasteiger partial charge < -0.3 is 10.3 Å². The van der Waals surface area contributed by atoms with Gasteiger partial charge in [-0.25, -0.2) is 4.98 Å². The van der Waals surface area contributed by atoms with Gasteiger partial charge in [-0.3, -0.25) is 0 Å². The number of benzene rings is 1. The first kappa shape index (κ1) is 11.7. The van der Waals surface area contributed by atoms with Crippen molar-refractivity contribution in [3.63, 3.8) is 0 Å². The van der Waals surface area contributed by atoms with Gasteiger partial charge in [0.25, 0.3) is 0 Å². The van der Waals surface area contributed by atoms with Crippen LogP contribution in [0.25, 0.3) is 22.4 Å². The Bertz CT molecular complexity index is 716. The van der Waals surface area contributed by atoms with Crippen molar-refractivity contribution in [2.75, 3.05) is 12.4 Å². The Morgan fingerprint density at radius 1 is 1.39 bits per heavy atom. The zero-order valence-electron chi connectivity index (χ0n) is 9.91. The molecule has 0 spiro atoms. The molecule has 4 nitrogen and oxygen atoms in total. The number of nitrogens with one attached hydrogen (secondary N) is 2. The minimum absolute atomic E-state index is 0.860. The summed E-state index contributed by atoms with van der Waals surface area (Å²) in [6.07, 6.45) is 0. The molecule has 0 radical (unpaired) electrons. The monoisotopic (exact) mass is 322 g/mol. The summed E-state index contributed by atoms with van der Waals surface area (Å²) >= 11 is 4.92. The van der Waals surface area contributed by atoms with Crippen molar-refractivity contribution < 1.29 is 0 Å². The fourth-order valence-electron chi connectivity index (χ4n) is 1.92. The molecule has 2 heterocycles. The standard InChI is InChI=1S/C12H11BrN4S/c1-6-10(12(14-2)18-17-6)11-15-8-4-3-7(13)5-9(8)16-11/h3-5,14H,1-2H3,(H,15,16). The van der Waals surface area contributed by atoms with Crippen LogP contribution in [0.3, 0.4) is 0 Å². The number of fused-ring (bicyclic) bond motifs is 1. The molecule has 0 atom stereocenters. The minimum atomic E-state index is 0.860. The van der Waals surface area contributed by atoms with Gasteiger partial charge >= 0.3 is 0 Å². The lowest BCUT2D eigenvalue weighted by atomic mass is 10.2.